The first-order chi connectivity index (χ1) is 12.5. The zero-order chi connectivity index (χ0) is 18.5. The van der Waals surface area contributed by atoms with Gasteiger partial charge in [0.1, 0.15) is 0 Å². The molecule has 26 heavy (non-hydrogen) atoms. The van der Waals surface area contributed by atoms with E-state index >= 15 is 0 Å². The number of halogens is 2. The average Bonchev–Trinajstić information content (AvgIpc) is 3.45. The maximum atomic E-state index is 12.2. The molecule has 1 aromatic rings. The van der Waals surface area contributed by atoms with Crippen molar-refractivity contribution in [1.29, 1.82) is 0 Å². The van der Waals surface area contributed by atoms with E-state index in [-0.39, 0.29) is 5.91 Å². The quantitative estimate of drug-likeness (QED) is 0.683. The van der Waals surface area contributed by atoms with Crippen LogP contribution in [0.15, 0.2) is 18.2 Å². The van der Waals surface area contributed by atoms with E-state index in [2.05, 4.69) is 14.9 Å². The van der Waals surface area contributed by atoms with E-state index in [9.17, 15) is 9.00 Å². The topological polar surface area (TPSA) is 61.4 Å². The van der Waals surface area contributed by atoms with Crippen molar-refractivity contribution in [3.8, 4) is 0 Å². The van der Waals surface area contributed by atoms with Crippen molar-refractivity contribution in [3.05, 3.63) is 33.8 Å². The highest BCUT2D eigenvalue weighted by molar-refractivity contribution is 7.84. The lowest BCUT2D eigenvalue weighted by atomic mass is 9.96. The summed E-state index contributed by atoms with van der Waals surface area (Å²) >= 11 is 11.9. The summed E-state index contributed by atoms with van der Waals surface area (Å²) in [4.78, 5) is 14.6. The van der Waals surface area contributed by atoms with Crippen molar-refractivity contribution in [1.82, 2.24) is 14.9 Å². The highest BCUT2D eigenvalue weighted by Crippen LogP contribution is 2.24. The molecule has 2 fully saturated rings. The summed E-state index contributed by atoms with van der Waals surface area (Å²) in [6.07, 6.45) is 4.31. The fourth-order valence-electron chi connectivity index (χ4n) is 3.14. The Kier molecular flexibility index (Phi) is 7.35. The van der Waals surface area contributed by atoms with Crippen LogP contribution in [0.5, 0.6) is 0 Å². The van der Waals surface area contributed by atoms with Crippen LogP contribution >= 0.6 is 23.2 Å². The molecule has 2 aliphatic rings. The Bertz CT molecular complexity index is 642. The first-order valence-corrected chi connectivity index (χ1v) is 11.1. The van der Waals surface area contributed by atoms with Crippen LogP contribution in [0.25, 0.3) is 0 Å². The monoisotopic (exact) mass is 417 g/mol. The van der Waals surface area contributed by atoms with Gasteiger partial charge in [-0.2, -0.15) is 0 Å². The summed E-state index contributed by atoms with van der Waals surface area (Å²) < 4.78 is 14.9. The predicted octanol–water partition coefficient (Wildman–Crippen LogP) is 2.85. The molecular weight excluding hydrogens is 393 g/mol. The van der Waals surface area contributed by atoms with Crippen LogP contribution in [-0.2, 0) is 11.0 Å². The van der Waals surface area contributed by atoms with Gasteiger partial charge in [-0.3, -0.25) is 4.79 Å². The van der Waals surface area contributed by atoms with Crippen LogP contribution in [0.4, 0.5) is 0 Å². The van der Waals surface area contributed by atoms with Gasteiger partial charge in [0.2, 0.25) is 0 Å². The van der Waals surface area contributed by atoms with E-state index in [4.69, 9.17) is 23.2 Å². The number of rotatable bonds is 8. The molecule has 0 bridgehead atoms. The molecule has 1 aliphatic carbocycles. The minimum atomic E-state index is -0.845. The fourth-order valence-corrected chi connectivity index (χ4v) is 4.76. The normalized spacial score (nSPS) is 20.1. The van der Waals surface area contributed by atoms with Crippen LogP contribution in [0, 0.1) is 5.92 Å². The molecule has 1 aromatic carbocycles. The number of amides is 1. The minimum absolute atomic E-state index is 0.136. The Morgan fingerprint density at radius 1 is 1.12 bits per heavy atom. The SMILES string of the molecule is O=C(NCC1CCN(CCNS(=O)C2CC2)CC1)c1cc(Cl)cc(Cl)c1. The van der Waals surface area contributed by atoms with E-state index in [0.29, 0.717) is 33.3 Å². The van der Waals surface area contributed by atoms with Crippen LogP contribution in [0.3, 0.4) is 0 Å². The van der Waals surface area contributed by atoms with Gasteiger partial charge in [0.15, 0.2) is 0 Å². The molecule has 1 heterocycles. The number of carbonyl (C=O) groups excluding carboxylic acids is 1. The fraction of sp³-hybridized carbons (Fsp3) is 0.611. The Hall–Kier alpha value is -0.660. The smallest absolute Gasteiger partial charge is 0.251 e. The Balaban J connectivity index is 1.33. The molecule has 1 aliphatic heterocycles. The largest absolute Gasteiger partial charge is 0.352 e. The Morgan fingerprint density at radius 2 is 1.77 bits per heavy atom. The maximum absolute atomic E-state index is 12.2. The zero-order valence-corrected chi connectivity index (χ0v) is 17.0. The van der Waals surface area contributed by atoms with E-state index in [0.717, 1.165) is 51.9 Å². The van der Waals surface area contributed by atoms with Crippen molar-refractivity contribution < 1.29 is 9.00 Å². The third kappa shape index (κ3) is 6.20. The molecule has 2 N–H and O–H groups in total. The maximum Gasteiger partial charge on any atom is 0.251 e. The predicted molar refractivity (Wildman–Crippen MR) is 107 cm³/mol. The summed E-state index contributed by atoms with van der Waals surface area (Å²) in [5.74, 6) is 0.349. The first-order valence-electron chi connectivity index (χ1n) is 9.12. The van der Waals surface area contributed by atoms with E-state index in [1.807, 2.05) is 0 Å². The molecule has 1 unspecified atom stereocenters. The number of benzene rings is 1. The molecule has 0 spiro atoms. The van der Waals surface area contributed by atoms with Gasteiger partial charge < -0.3 is 10.2 Å². The molecule has 5 nitrogen and oxygen atoms in total. The van der Waals surface area contributed by atoms with Gasteiger partial charge in [-0.15, -0.1) is 0 Å². The number of nitrogens with zero attached hydrogens (tertiary/aromatic N) is 1. The van der Waals surface area contributed by atoms with Crippen LogP contribution in [0.1, 0.15) is 36.0 Å². The summed E-state index contributed by atoms with van der Waals surface area (Å²) in [6, 6.07) is 4.87. The molecule has 1 saturated heterocycles. The number of piperidine rings is 1. The van der Waals surface area contributed by atoms with Gasteiger partial charge in [0.05, 0.1) is 11.0 Å². The van der Waals surface area contributed by atoms with E-state index in [1.165, 1.54) is 0 Å². The van der Waals surface area contributed by atoms with Crippen LogP contribution in [0.2, 0.25) is 10.0 Å². The molecular formula is C18H25Cl2N3O2S. The molecule has 1 saturated carbocycles. The van der Waals surface area contributed by atoms with Crippen molar-refractivity contribution in [2.24, 2.45) is 5.92 Å². The molecule has 8 heteroatoms. The van der Waals surface area contributed by atoms with Crippen LogP contribution in [-0.4, -0.2) is 53.0 Å². The van der Waals surface area contributed by atoms with Crippen molar-refractivity contribution in [2.45, 2.75) is 30.9 Å². The highest BCUT2D eigenvalue weighted by Gasteiger charge is 2.28. The van der Waals surface area contributed by atoms with E-state index < -0.39 is 11.0 Å². The van der Waals surface area contributed by atoms with Crippen molar-refractivity contribution in [3.63, 3.8) is 0 Å². The second kappa shape index (κ2) is 9.51. The van der Waals surface area contributed by atoms with Crippen molar-refractivity contribution >= 4 is 40.1 Å². The molecule has 144 valence electrons. The van der Waals surface area contributed by atoms with Gasteiger partial charge >= 0.3 is 0 Å². The van der Waals surface area contributed by atoms with Gasteiger partial charge in [0.25, 0.3) is 5.91 Å². The molecule has 3 rings (SSSR count). The number of likely N-dealkylation sites (tertiary alicyclic amines) is 1. The van der Waals surface area contributed by atoms with Gasteiger partial charge in [0, 0.05) is 40.5 Å². The summed E-state index contributed by atoms with van der Waals surface area (Å²) in [5.41, 5.74) is 0.495. The van der Waals surface area contributed by atoms with Gasteiger partial charge in [-0.1, -0.05) is 23.2 Å². The van der Waals surface area contributed by atoms with E-state index in [1.54, 1.807) is 18.2 Å². The lowest BCUT2D eigenvalue weighted by Gasteiger charge is -2.32. The number of nitrogens with one attached hydrogen (secondary N) is 2. The second-order valence-electron chi connectivity index (χ2n) is 7.04. The first kappa shape index (κ1) is 20.1. The lowest BCUT2D eigenvalue weighted by Crippen LogP contribution is -2.41. The summed E-state index contributed by atoms with van der Waals surface area (Å²) in [6.45, 7) is 4.40. The number of hydrogen-bond acceptors (Lipinski definition) is 3. The zero-order valence-electron chi connectivity index (χ0n) is 14.7. The third-order valence-electron chi connectivity index (χ3n) is 4.88. The molecule has 1 amide bonds. The van der Waals surface area contributed by atoms with Crippen LogP contribution < -0.4 is 10.0 Å². The summed E-state index contributed by atoms with van der Waals surface area (Å²) in [5, 5.41) is 4.31. The number of carbonyl (C=O) groups is 1. The Morgan fingerprint density at radius 3 is 2.38 bits per heavy atom. The Labute approximate surface area is 167 Å². The molecule has 0 radical (unpaired) electrons. The standard InChI is InChI=1S/C18H25Cl2N3O2S/c19-15-9-14(10-16(20)11-15)18(24)21-12-13-3-6-23(7-4-13)8-5-22-26(25)17-1-2-17/h9-11,13,17,22H,1-8,12H2,(H,21,24). The second-order valence-corrected chi connectivity index (χ2v) is 9.47. The molecule has 1 atom stereocenters. The highest BCUT2D eigenvalue weighted by atomic mass is 35.5. The van der Waals surface area contributed by atoms with Crippen molar-refractivity contribution in [2.75, 3.05) is 32.7 Å². The minimum Gasteiger partial charge on any atom is -0.352 e. The average molecular weight is 418 g/mol. The lowest BCUT2D eigenvalue weighted by molar-refractivity contribution is 0.0936. The summed E-state index contributed by atoms with van der Waals surface area (Å²) in [7, 11) is -0.845. The van der Waals surface area contributed by atoms with Gasteiger partial charge in [-0.05, 0) is 62.9 Å². The third-order valence-corrected chi connectivity index (χ3v) is 6.88. The molecule has 0 aromatic heterocycles. The number of hydrogen-bond donors (Lipinski definition) is 2. The van der Waals surface area contributed by atoms with Gasteiger partial charge in [-0.25, -0.2) is 8.93 Å².